The van der Waals surface area contributed by atoms with Gasteiger partial charge in [0.1, 0.15) is 11.5 Å². The molecule has 0 saturated carbocycles. The van der Waals surface area contributed by atoms with E-state index in [1.165, 1.54) is 6.07 Å². The van der Waals surface area contributed by atoms with Gasteiger partial charge in [-0.15, -0.1) is 0 Å². The lowest BCUT2D eigenvalue weighted by Crippen LogP contribution is -2.05. The van der Waals surface area contributed by atoms with Crippen molar-refractivity contribution in [1.82, 2.24) is 15.0 Å². The van der Waals surface area contributed by atoms with Gasteiger partial charge in [0, 0.05) is 35.8 Å². The molecule has 0 aliphatic carbocycles. The summed E-state index contributed by atoms with van der Waals surface area (Å²) in [6.45, 7) is 1.91. The van der Waals surface area contributed by atoms with Gasteiger partial charge in [-0.3, -0.25) is 4.79 Å². The van der Waals surface area contributed by atoms with E-state index in [-0.39, 0.29) is 5.56 Å². The van der Waals surface area contributed by atoms with Crippen molar-refractivity contribution in [2.45, 2.75) is 6.92 Å². The summed E-state index contributed by atoms with van der Waals surface area (Å²) in [4.78, 5) is 23.6. The molecule has 3 heterocycles. The number of fused-ring (bicyclic) bond motifs is 1. The van der Waals surface area contributed by atoms with Crippen LogP contribution in [0.25, 0.3) is 33.4 Å². The van der Waals surface area contributed by atoms with E-state index in [1.807, 2.05) is 44.3 Å². The number of H-pyrrole nitrogens is 1. The summed E-state index contributed by atoms with van der Waals surface area (Å²) in [5.41, 5.74) is 5.14. The Morgan fingerprint density at radius 3 is 2.75 bits per heavy atom. The van der Waals surface area contributed by atoms with Gasteiger partial charge in [-0.2, -0.15) is 5.26 Å². The second kappa shape index (κ2) is 6.97. The number of anilines is 1. The number of pyridine rings is 3. The van der Waals surface area contributed by atoms with Gasteiger partial charge in [0.25, 0.3) is 0 Å². The maximum Gasteiger partial charge on any atom is 0.249 e. The van der Waals surface area contributed by atoms with Gasteiger partial charge in [-0.05, 0) is 48.4 Å². The largest absolute Gasteiger partial charge is 0.373 e. The summed E-state index contributed by atoms with van der Waals surface area (Å²) in [6, 6.07) is 16.9. The fourth-order valence-corrected chi connectivity index (χ4v) is 3.25. The first kappa shape index (κ1) is 17.4. The van der Waals surface area contributed by atoms with Crippen LogP contribution in [-0.2, 0) is 0 Å². The lowest BCUT2D eigenvalue weighted by Gasteiger charge is -2.14. The maximum absolute atomic E-state index is 11.8. The van der Waals surface area contributed by atoms with E-state index in [1.54, 1.807) is 18.3 Å². The van der Waals surface area contributed by atoms with Crippen LogP contribution in [0.2, 0.25) is 0 Å². The fourth-order valence-electron chi connectivity index (χ4n) is 3.25. The number of aromatic nitrogens is 3. The standard InChI is InChI=1S/C22H17N5O/c1-13-16(12-23)4-3-5-17(13)21-18(14-8-9-25-19(11-14)24-2)10-15-6-7-20(28)26-22(15)27-21/h3-11H,1-2H3,(H,24,25)(H,26,27,28). The highest BCUT2D eigenvalue weighted by atomic mass is 16.1. The van der Waals surface area contributed by atoms with Crippen molar-refractivity contribution in [1.29, 1.82) is 5.26 Å². The van der Waals surface area contributed by atoms with Gasteiger partial charge in [-0.1, -0.05) is 12.1 Å². The van der Waals surface area contributed by atoms with Gasteiger partial charge in [-0.25, -0.2) is 9.97 Å². The van der Waals surface area contributed by atoms with Crippen LogP contribution in [0.3, 0.4) is 0 Å². The number of benzene rings is 1. The molecule has 0 bridgehead atoms. The first-order chi connectivity index (χ1) is 13.6. The second-order valence-electron chi connectivity index (χ2n) is 6.41. The van der Waals surface area contributed by atoms with Crippen LogP contribution in [0, 0.1) is 18.3 Å². The van der Waals surface area contributed by atoms with E-state index >= 15 is 0 Å². The van der Waals surface area contributed by atoms with Crippen molar-refractivity contribution in [2.24, 2.45) is 0 Å². The predicted molar refractivity (Wildman–Crippen MR) is 110 cm³/mol. The van der Waals surface area contributed by atoms with Crippen molar-refractivity contribution >= 4 is 16.9 Å². The summed E-state index contributed by atoms with van der Waals surface area (Å²) in [5.74, 6) is 0.743. The van der Waals surface area contributed by atoms with Gasteiger partial charge in [0.05, 0.1) is 17.3 Å². The van der Waals surface area contributed by atoms with Crippen LogP contribution in [0.15, 0.2) is 59.5 Å². The van der Waals surface area contributed by atoms with Gasteiger partial charge in [0.15, 0.2) is 0 Å². The molecule has 0 spiro atoms. The first-order valence-electron chi connectivity index (χ1n) is 8.79. The molecule has 6 nitrogen and oxygen atoms in total. The zero-order valence-electron chi connectivity index (χ0n) is 15.4. The third-order valence-corrected chi connectivity index (χ3v) is 4.74. The number of nitrogens with one attached hydrogen (secondary N) is 2. The molecule has 1 aromatic carbocycles. The van der Waals surface area contributed by atoms with E-state index in [2.05, 4.69) is 21.4 Å². The van der Waals surface area contributed by atoms with Crippen molar-refractivity contribution in [3.05, 3.63) is 76.2 Å². The minimum atomic E-state index is -0.206. The number of hydrogen-bond acceptors (Lipinski definition) is 5. The molecular formula is C22H17N5O. The number of aromatic amines is 1. The lowest BCUT2D eigenvalue weighted by atomic mass is 9.94. The molecule has 4 aromatic rings. The first-order valence-corrected chi connectivity index (χ1v) is 8.79. The molecular weight excluding hydrogens is 350 g/mol. The van der Waals surface area contributed by atoms with Crippen LogP contribution in [-0.4, -0.2) is 22.0 Å². The Morgan fingerprint density at radius 2 is 1.96 bits per heavy atom. The lowest BCUT2D eigenvalue weighted by molar-refractivity contribution is 1.23. The quantitative estimate of drug-likeness (QED) is 0.573. The third kappa shape index (κ3) is 2.99. The Hall–Kier alpha value is -3.98. The Morgan fingerprint density at radius 1 is 1.11 bits per heavy atom. The van der Waals surface area contributed by atoms with Crippen molar-refractivity contribution in [3.63, 3.8) is 0 Å². The van der Waals surface area contributed by atoms with Crippen LogP contribution in [0.4, 0.5) is 5.82 Å². The van der Waals surface area contributed by atoms with E-state index in [4.69, 9.17) is 4.98 Å². The van der Waals surface area contributed by atoms with Crippen LogP contribution in [0.1, 0.15) is 11.1 Å². The SMILES string of the molecule is CNc1cc(-c2cc3ccc(=O)[nH]c3nc2-c2cccc(C#N)c2C)ccn1. The molecule has 0 unspecified atom stereocenters. The summed E-state index contributed by atoms with van der Waals surface area (Å²) in [5, 5.41) is 13.3. The third-order valence-electron chi connectivity index (χ3n) is 4.74. The maximum atomic E-state index is 11.8. The fraction of sp³-hybridized carbons (Fsp3) is 0.0909. The molecule has 3 aromatic heterocycles. The van der Waals surface area contributed by atoms with E-state index < -0.39 is 0 Å². The van der Waals surface area contributed by atoms with E-state index in [0.717, 1.165) is 33.5 Å². The molecule has 136 valence electrons. The van der Waals surface area contributed by atoms with Gasteiger partial charge < -0.3 is 10.3 Å². The molecule has 28 heavy (non-hydrogen) atoms. The van der Waals surface area contributed by atoms with Crippen LogP contribution in [0.5, 0.6) is 0 Å². The van der Waals surface area contributed by atoms with Crippen molar-refractivity contribution in [2.75, 3.05) is 12.4 Å². The number of nitriles is 1. The minimum Gasteiger partial charge on any atom is -0.373 e. The number of hydrogen-bond donors (Lipinski definition) is 2. The highest BCUT2D eigenvalue weighted by Crippen LogP contribution is 2.35. The van der Waals surface area contributed by atoms with E-state index in [9.17, 15) is 10.1 Å². The molecule has 4 rings (SSSR count). The predicted octanol–water partition coefficient (Wildman–Crippen LogP) is 3.87. The van der Waals surface area contributed by atoms with Crippen molar-refractivity contribution in [3.8, 4) is 28.5 Å². The minimum absolute atomic E-state index is 0.206. The normalized spacial score (nSPS) is 10.6. The molecule has 0 radical (unpaired) electrons. The molecule has 0 aliphatic rings. The topological polar surface area (TPSA) is 94.5 Å². The van der Waals surface area contributed by atoms with Crippen LogP contribution >= 0.6 is 0 Å². The summed E-state index contributed by atoms with van der Waals surface area (Å²) >= 11 is 0. The van der Waals surface area contributed by atoms with Crippen molar-refractivity contribution < 1.29 is 0 Å². The Bertz CT molecular complexity index is 1300. The Kier molecular flexibility index (Phi) is 4.34. The molecule has 0 aliphatic heterocycles. The molecule has 0 atom stereocenters. The summed E-state index contributed by atoms with van der Waals surface area (Å²) in [7, 11) is 1.82. The molecule has 0 fully saturated rings. The Labute approximate surface area is 161 Å². The summed E-state index contributed by atoms with van der Waals surface area (Å²) < 4.78 is 0. The van der Waals surface area contributed by atoms with Gasteiger partial charge in [0.2, 0.25) is 5.56 Å². The summed E-state index contributed by atoms with van der Waals surface area (Å²) in [6.07, 6.45) is 1.74. The zero-order chi connectivity index (χ0) is 19.7. The van der Waals surface area contributed by atoms with Crippen LogP contribution < -0.4 is 10.9 Å². The molecule has 6 heteroatoms. The number of rotatable bonds is 3. The molecule has 2 N–H and O–H groups in total. The average Bonchev–Trinajstić information content (AvgIpc) is 2.73. The molecule has 0 saturated heterocycles. The smallest absolute Gasteiger partial charge is 0.249 e. The van der Waals surface area contributed by atoms with Gasteiger partial charge >= 0.3 is 0 Å². The highest BCUT2D eigenvalue weighted by Gasteiger charge is 2.15. The van der Waals surface area contributed by atoms with E-state index in [0.29, 0.717) is 16.9 Å². The number of nitrogens with zero attached hydrogens (tertiary/aromatic N) is 3. The molecule has 0 amide bonds. The average molecular weight is 367 g/mol. The Balaban J connectivity index is 2.08. The highest BCUT2D eigenvalue weighted by molar-refractivity contribution is 5.91. The monoisotopic (exact) mass is 367 g/mol. The zero-order valence-corrected chi connectivity index (χ0v) is 15.4. The second-order valence-corrected chi connectivity index (χ2v) is 6.41.